The minimum Gasteiger partial charge on any atom is -0.369 e. The Morgan fingerprint density at radius 1 is 1.24 bits per heavy atom. The number of hydrogen-bond acceptors (Lipinski definition) is 5. The molecule has 2 rings (SSSR count). The maximum Gasteiger partial charge on any atom is 0.146 e. The van der Waals surface area contributed by atoms with Crippen molar-refractivity contribution in [2.45, 2.75) is 13.0 Å². The number of aromatic nitrogens is 2. The molecule has 5 nitrogen and oxygen atoms in total. The van der Waals surface area contributed by atoms with E-state index in [4.69, 9.17) is 16.9 Å². The Bertz CT molecular complexity index is 609. The Balaban J connectivity index is 1.67. The number of halogens is 1. The molecular formula is C15H16ClN5. The molecule has 0 aliphatic rings. The van der Waals surface area contributed by atoms with Crippen LogP contribution in [-0.2, 0) is 6.54 Å². The normalized spacial score (nSPS) is 10.1. The number of anilines is 1. The molecule has 2 aromatic heterocycles. The SMILES string of the molecule is N#Cc1ccnc(NCCCNCc2cccnc2)c1Cl. The van der Waals surface area contributed by atoms with Crippen LogP contribution in [0.2, 0.25) is 5.02 Å². The predicted octanol–water partition coefficient (Wildman–Crippen LogP) is 2.59. The molecule has 2 N–H and O–H groups in total. The van der Waals surface area contributed by atoms with Gasteiger partial charge in [0, 0.05) is 31.7 Å². The summed E-state index contributed by atoms with van der Waals surface area (Å²) in [5, 5.41) is 15.7. The summed E-state index contributed by atoms with van der Waals surface area (Å²) in [6.45, 7) is 2.41. The van der Waals surface area contributed by atoms with E-state index in [0.29, 0.717) is 16.4 Å². The summed E-state index contributed by atoms with van der Waals surface area (Å²) in [6.07, 6.45) is 6.12. The largest absolute Gasteiger partial charge is 0.369 e. The molecule has 0 spiro atoms. The van der Waals surface area contributed by atoms with Crippen molar-refractivity contribution in [2.75, 3.05) is 18.4 Å². The Labute approximate surface area is 129 Å². The van der Waals surface area contributed by atoms with Crippen molar-refractivity contribution in [3.8, 4) is 6.07 Å². The van der Waals surface area contributed by atoms with Crippen LogP contribution < -0.4 is 10.6 Å². The molecule has 0 aromatic carbocycles. The van der Waals surface area contributed by atoms with Gasteiger partial charge in [0.05, 0.1) is 5.56 Å². The first-order valence-corrected chi connectivity index (χ1v) is 7.07. The summed E-state index contributed by atoms with van der Waals surface area (Å²) < 4.78 is 0. The first-order valence-electron chi connectivity index (χ1n) is 6.69. The number of nitriles is 1. The van der Waals surface area contributed by atoms with Gasteiger partial charge in [-0.15, -0.1) is 0 Å². The lowest BCUT2D eigenvalue weighted by Gasteiger charge is -2.08. The lowest BCUT2D eigenvalue weighted by atomic mass is 10.3. The minimum atomic E-state index is 0.378. The number of nitrogens with zero attached hydrogens (tertiary/aromatic N) is 3. The van der Waals surface area contributed by atoms with Crippen molar-refractivity contribution in [3.63, 3.8) is 0 Å². The van der Waals surface area contributed by atoms with Crippen molar-refractivity contribution in [1.82, 2.24) is 15.3 Å². The fourth-order valence-corrected chi connectivity index (χ4v) is 2.03. The second-order valence-corrected chi connectivity index (χ2v) is 4.83. The molecule has 0 aliphatic heterocycles. The third kappa shape index (κ3) is 4.71. The molecule has 0 radical (unpaired) electrons. The third-order valence-corrected chi connectivity index (χ3v) is 3.27. The first kappa shape index (κ1) is 15.2. The number of rotatable bonds is 7. The van der Waals surface area contributed by atoms with Crippen molar-refractivity contribution in [1.29, 1.82) is 5.26 Å². The summed E-state index contributed by atoms with van der Waals surface area (Å²) in [5.74, 6) is 0.558. The Morgan fingerprint density at radius 2 is 2.14 bits per heavy atom. The molecule has 0 unspecified atom stereocenters. The zero-order valence-corrected chi connectivity index (χ0v) is 12.3. The molecule has 0 aliphatic carbocycles. The summed E-state index contributed by atoms with van der Waals surface area (Å²) in [6, 6.07) is 7.60. The van der Waals surface area contributed by atoms with Crippen molar-refractivity contribution < 1.29 is 0 Å². The quantitative estimate of drug-likeness (QED) is 0.769. The number of nitrogens with one attached hydrogen (secondary N) is 2. The minimum absolute atomic E-state index is 0.378. The molecule has 6 heteroatoms. The molecular weight excluding hydrogens is 286 g/mol. The summed E-state index contributed by atoms with van der Waals surface area (Å²) in [5.41, 5.74) is 1.60. The van der Waals surface area contributed by atoms with Crippen molar-refractivity contribution in [2.24, 2.45) is 0 Å². The van der Waals surface area contributed by atoms with Crippen LogP contribution in [0.3, 0.4) is 0 Å². The molecule has 0 fully saturated rings. The van der Waals surface area contributed by atoms with Gasteiger partial charge in [0.15, 0.2) is 0 Å². The van der Waals surface area contributed by atoms with Crippen LogP contribution in [0.25, 0.3) is 0 Å². The van der Waals surface area contributed by atoms with Gasteiger partial charge < -0.3 is 10.6 Å². The van der Waals surface area contributed by atoms with Crippen LogP contribution in [0, 0.1) is 11.3 Å². The van der Waals surface area contributed by atoms with Crippen LogP contribution in [0.5, 0.6) is 0 Å². The lowest BCUT2D eigenvalue weighted by molar-refractivity contribution is 0.661. The van der Waals surface area contributed by atoms with E-state index in [1.165, 1.54) is 0 Å². The van der Waals surface area contributed by atoms with E-state index in [9.17, 15) is 0 Å². The standard InChI is InChI=1S/C15H16ClN5/c16-14-13(9-17)4-8-21-15(14)20-7-2-6-19-11-12-3-1-5-18-10-12/h1,3-5,8,10,19H,2,6-7,11H2,(H,20,21). The van der Waals surface area contributed by atoms with Gasteiger partial charge in [-0.3, -0.25) is 4.98 Å². The number of hydrogen-bond donors (Lipinski definition) is 2. The first-order chi connectivity index (χ1) is 10.3. The lowest BCUT2D eigenvalue weighted by Crippen LogP contribution is -2.18. The molecule has 0 atom stereocenters. The second kappa shape index (κ2) is 8.20. The van der Waals surface area contributed by atoms with E-state index >= 15 is 0 Å². The van der Waals surface area contributed by atoms with E-state index in [0.717, 1.165) is 31.6 Å². The Morgan fingerprint density at radius 3 is 2.90 bits per heavy atom. The molecule has 21 heavy (non-hydrogen) atoms. The van der Waals surface area contributed by atoms with Crippen LogP contribution in [-0.4, -0.2) is 23.1 Å². The topological polar surface area (TPSA) is 73.6 Å². The van der Waals surface area contributed by atoms with E-state index < -0.39 is 0 Å². The zero-order chi connectivity index (χ0) is 14.9. The van der Waals surface area contributed by atoms with Gasteiger partial charge in [-0.05, 0) is 30.7 Å². The van der Waals surface area contributed by atoms with Gasteiger partial charge in [-0.25, -0.2) is 4.98 Å². The number of pyridine rings is 2. The van der Waals surface area contributed by atoms with E-state index in [1.54, 1.807) is 18.5 Å². The summed E-state index contributed by atoms with van der Waals surface area (Å²) >= 11 is 6.06. The van der Waals surface area contributed by atoms with Crippen LogP contribution in [0.4, 0.5) is 5.82 Å². The summed E-state index contributed by atoms with van der Waals surface area (Å²) in [4.78, 5) is 8.19. The van der Waals surface area contributed by atoms with Gasteiger partial charge >= 0.3 is 0 Å². The molecule has 2 heterocycles. The van der Waals surface area contributed by atoms with Gasteiger partial charge in [-0.1, -0.05) is 17.7 Å². The van der Waals surface area contributed by atoms with Crippen molar-refractivity contribution in [3.05, 3.63) is 52.9 Å². The van der Waals surface area contributed by atoms with Crippen LogP contribution in [0.15, 0.2) is 36.8 Å². The van der Waals surface area contributed by atoms with Crippen LogP contribution >= 0.6 is 11.6 Å². The Kier molecular flexibility index (Phi) is 5.95. The Hall–Kier alpha value is -2.16. The van der Waals surface area contributed by atoms with E-state index in [2.05, 4.69) is 20.6 Å². The van der Waals surface area contributed by atoms with E-state index in [-0.39, 0.29) is 0 Å². The second-order valence-electron chi connectivity index (χ2n) is 4.45. The highest BCUT2D eigenvalue weighted by Gasteiger charge is 2.05. The highest BCUT2D eigenvalue weighted by Crippen LogP contribution is 2.22. The molecule has 0 saturated carbocycles. The van der Waals surface area contributed by atoms with Crippen LogP contribution in [0.1, 0.15) is 17.5 Å². The highest BCUT2D eigenvalue weighted by atomic mass is 35.5. The molecule has 0 amide bonds. The van der Waals surface area contributed by atoms with Gasteiger partial charge in [-0.2, -0.15) is 5.26 Å². The molecule has 108 valence electrons. The third-order valence-electron chi connectivity index (χ3n) is 2.88. The van der Waals surface area contributed by atoms with Crippen molar-refractivity contribution >= 4 is 17.4 Å². The molecule has 0 bridgehead atoms. The predicted molar refractivity (Wildman–Crippen MR) is 83.0 cm³/mol. The molecule has 0 saturated heterocycles. The smallest absolute Gasteiger partial charge is 0.146 e. The maximum absolute atomic E-state index is 8.89. The zero-order valence-electron chi connectivity index (χ0n) is 11.5. The van der Waals surface area contributed by atoms with Gasteiger partial charge in [0.1, 0.15) is 16.9 Å². The summed E-state index contributed by atoms with van der Waals surface area (Å²) in [7, 11) is 0. The van der Waals surface area contributed by atoms with E-state index in [1.807, 2.05) is 24.4 Å². The molecule has 2 aromatic rings. The maximum atomic E-state index is 8.89. The average Bonchev–Trinajstić information content (AvgIpc) is 2.53. The average molecular weight is 302 g/mol. The fourth-order valence-electron chi connectivity index (χ4n) is 1.81. The fraction of sp³-hybridized carbons (Fsp3) is 0.267. The monoisotopic (exact) mass is 301 g/mol. The van der Waals surface area contributed by atoms with Gasteiger partial charge in [0.2, 0.25) is 0 Å². The van der Waals surface area contributed by atoms with Gasteiger partial charge in [0.25, 0.3) is 0 Å². The highest BCUT2D eigenvalue weighted by molar-refractivity contribution is 6.34.